The number of amides is 1. The molecule has 0 fully saturated rings. The Morgan fingerprint density at radius 1 is 1.35 bits per heavy atom. The van der Waals surface area contributed by atoms with E-state index in [4.69, 9.17) is 0 Å². The number of nitrogens with zero attached hydrogens (tertiary/aromatic N) is 6. The van der Waals surface area contributed by atoms with Crippen LogP contribution in [0.3, 0.4) is 0 Å². The predicted octanol–water partition coefficient (Wildman–Crippen LogP) is 1.71. The Kier molecular flexibility index (Phi) is 4.62. The van der Waals surface area contributed by atoms with E-state index in [0.717, 1.165) is 6.07 Å². The minimum atomic E-state index is -4.48. The summed E-state index contributed by atoms with van der Waals surface area (Å²) in [6.07, 6.45) is -1.32. The van der Waals surface area contributed by atoms with Gasteiger partial charge in [0.15, 0.2) is 5.69 Å². The smallest absolute Gasteiger partial charge is 0.349 e. The summed E-state index contributed by atoms with van der Waals surface area (Å²) in [5, 5.41) is 10.3. The maximum Gasteiger partial charge on any atom is 0.435 e. The van der Waals surface area contributed by atoms with Crippen LogP contribution < -0.4 is 5.32 Å². The van der Waals surface area contributed by atoms with Crippen molar-refractivity contribution >= 4 is 11.7 Å². The molecule has 8 nitrogen and oxygen atoms in total. The second-order valence-electron chi connectivity index (χ2n) is 5.97. The first kappa shape index (κ1) is 17.8. The molecule has 0 saturated heterocycles. The first-order valence-electron chi connectivity index (χ1n) is 7.81. The third-order valence-electron chi connectivity index (χ3n) is 3.69. The lowest BCUT2D eigenvalue weighted by Gasteiger charge is -2.13. The summed E-state index contributed by atoms with van der Waals surface area (Å²) in [6, 6.07) is 2.66. The summed E-state index contributed by atoms with van der Waals surface area (Å²) in [5.74, 6) is -0.340. The lowest BCUT2D eigenvalue weighted by Crippen LogP contribution is -2.31. The van der Waals surface area contributed by atoms with Crippen molar-refractivity contribution in [3.05, 3.63) is 41.7 Å². The molecule has 0 bridgehead atoms. The van der Waals surface area contributed by atoms with Crippen molar-refractivity contribution in [1.29, 1.82) is 0 Å². The maximum atomic E-state index is 12.7. The van der Waals surface area contributed by atoms with E-state index in [2.05, 4.69) is 25.5 Å². The van der Waals surface area contributed by atoms with Crippen LogP contribution >= 0.6 is 0 Å². The largest absolute Gasteiger partial charge is 0.435 e. The van der Waals surface area contributed by atoms with Gasteiger partial charge in [0.1, 0.15) is 0 Å². The number of hydrogen-bond acceptors (Lipinski definition) is 5. The molecular formula is C15H16F3N7O. The molecule has 3 aromatic rings. The fourth-order valence-corrected chi connectivity index (χ4v) is 2.37. The summed E-state index contributed by atoms with van der Waals surface area (Å²) < 4.78 is 40.7. The number of aryl methyl sites for hydroxylation is 1. The van der Waals surface area contributed by atoms with E-state index in [9.17, 15) is 18.0 Å². The monoisotopic (exact) mass is 367 g/mol. The van der Waals surface area contributed by atoms with E-state index >= 15 is 0 Å². The van der Waals surface area contributed by atoms with Gasteiger partial charge in [0.2, 0.25) is 5.82 Å². The van der Waals surface area contributed by atoms with Gasteiger partial charge in [-0.15, -0.1) is 5.10 Å². The number of carbonyl (C=O) groups is 1. The van der Waals surface area contributed by atoms with E-state index in [1.54, 1.807) is 26.1 Å². The molecule has 0 aliphatic rings. The van der Waals surface area contributed by atoms with E-state index < -0.39 is 17.8 Å². The number of carbonyl (C=O) groups excluding carboxylic acids is 1. The third-order valence-corrected chi connectivity index (χ3v) is 3.69. The van der Waals surface area contributed by atoms with E-state index in [1.165, 1.54) is 15.4 Å². The lowest BCUT2D eigenvalue weighted by atomic mass is 10.2. The Morgan fingerprint density at radius 2 is 2.12 bits per heavy atom. The van der Waals surface area contributed by atoms with Gasteiger partial charge in [-0.2, -0.15) is 23.3 Å². The molecule has 1 N–H and O–H groups in total. The zero-order valence-electron chi connectivity index (χ0n) is 14.0. The standard InChI is InChI=1S/C15H16F3N7O/c1-9(8-25-10(2)6-11(22-25)15(16,17)18)7-20-13(26)12-21-14-19-4-3-5-24(14)23-12/h3-6,9H,7-8H2,1-2H3,(H,20,26)/t9-/m1/s1. The number of alkyl halides is 3. The number of fused-ring (bicyclic) bond motifs is 1. The van der Waals surface area contributed by atoms with Crippen LogP contribution in [0, 0.1) is 12.8 Å². The van der Waals surface area contributed by atoms with Crippen LogP contribution in [-0.4, -0.2) is 41.8 Å². The lowest BCUT2D eigenvalue weighted by molar-refractivity contribution is -0.141. The van der Waals surface area contributed by atoms with Crippen LogP contribution in [0.1, 0.15) is 28.9 Å². The topological polar surface area (TPSA) is 90.0 Å². The van der Waals surface area contributed by atoms with Crippen molar-refractivity contribution in [2.24, 2.45) is 5.92 Å². The van der Waals surface area contributed by atoms with E-state index in [-0.39, 0.29) is 24.8 Å². The van der Waals surface area contributed by atoms with Gasteiger partial charge in [0.25, 0.3) is 11.7 Å². The normalized spacial score (nSPS) is 13.1. The molecule has 3 heterocycles. The molecule has 0 radical (unpaired) electrons. The van der Waals surface area contributed by atoms with Gasteiger partial charge in [0, 0.05) is 31.2 Å². The van der Waals surface area contributed by atoms with Crippen molar-refractivity contribution in [1.82, 2.24) is 34.7 Å². The van der Waals surface area contributed by atoms with Gasteiger partial charge >= 0.3 is 6.18 Å². The fraction of sp³-hybridized carbons (Fsp3) is 0.400. The molecular weight excluding hydrogens is 351 g/mol. The van der Waals surface area contributed by atoms with Crippen molar-refractivity contribution in [2.45, 2.75) is 26.6 Å². The van der Waals surface area contributed by atoms with Crippen LogP contribution in [0.15, 0.2) is 24.5 Å². The van der Waals surface area contributed by atoms with Crippen molar-refractivity contribution in [3.8, 4) is 0 Å². The number of hydrogen-bond donors (Lipinski definition) is 1. The van der Waals surface area contributed by atoms with Crippen LogP contribution in [0.2, 0.25) is 0 Å². The zero-order valence-corrected chi connectivity index (χ0v) is 14.0. The van der Waals surface area contributed by atoms with Gasteiger partial charge in [-0.3, -0.25) is 9.48 Å². The second kappa shape index (κ2) is 6.73. The molecule has 26 heavy (non-hydrogen) atoms. The number of aromatic nitrogens is 6. The first-order valence-corrected chi connectivity index (χ1v) is 7.81. The highest BCUT2D eigenvalue weighted by Crippen LogP contribution is 2.28. The molecule has 138 valence electrons. The zero-order chi connectivity index (χ0) is 18.9. The molecule has 1 atom stereocenters. The van der Waals surface area contributed by atoms with Gasteiger partial charge < -0.3 is 5.32 Å². The second-order valence-corrected chi connectivity index (χ2v) is 5.97. The molecule has 3 rings (SSSR count). The van der Waals surface area contributed by atoms with Crippen LogP contribution in [-0.2, 0) is 12.7 Å². The van der Waals surface area contributed by atoms with Crippen LogP contribution in [0.5, 0.6) is 0 Å². The average molecular weight is 367 g/mol. The molecule has 0 spiro atoms. The van der Waals surface area contributed by atoms with Crippen LogP contribution in [0.4, 0.5) is 13.2 Å². The quantitative estimate of drug-likeness (QED) is 0.742. The Labute approximate surface area is 146 Å². The first-order chi connectivity index (χ1) is 12.2. The summed E-state index contributed by atoms with van der Waals surface area (Å²) in [6.45, 7) is 3.83. The van der Waals surface area contributed by atoms with Crippen molar-refractivity contribution in [3.63, 3.8) is 0 Å². The Hall–Kier alpha value is -2.98. The molecule has 0 unspecified atom stereocenters. The minimum Gasteiger partial charge on any atom is -0.349 e. The number of halogens is 3. The van der Waals surface area contributed by atoms with Gasteiger partial charge in [-0.1, -0.05) is 6.92 Å². The SMILES string of the molecule is Cc1cc(C(F)(F)F)nn1C[C@H](C)CNC(=O)c1nc2ncccn2n1. The van der Waals surface area contributed by atoms with Gasteiger partial charge in [-0.05, 0) is 25.0 Å². The number of nitrogens with one attached hydrogen (secondary N) is 1. The van der Waals surface area contributed by atoms with E-state index in [0.29, 0.717) is 11.5 Å². The third kappa shape index (κ3) is 3.81. The summed E-state index contributed by atoms with van der Waals surface area (Å²) >= 11 is 0. The minimum absolute atomic E-state index is 0.0227. The Bertz CT molecular complexity index is 898. The molecule has 0 aliphatic heterocycles. The molecule has 1 amide bonds. The summed E-state index contributed by atoms with van der Waals surface area (Å²) in [7, 11) is 0. The van der Waals surface area contributed by atoms with Crippen molar-refractivity contribution in [2.75, 3.05) is 6.54 Å². The molecule has 0 aliphatic carbocycles. The summed E-state index contributed by atoms with van der Waals surface area (Å²) in [5.41, 5.74) is -0.517. The van der Waals surface area contributed by atoms with Gasteiger partial charge in [-0.25, -0.2) is 9.50 Å². The highest BCUT2D eigenvalue weighted by molar-refractivity contribution is 5.90. The van der Waals surface area contributed by atoms with Crippen LogP contribution in [0.25, 0.3) is 5.78 Å². The Morgan fingerprint density at radius 3 is 2.77 bits per heavy atom. The molecule has 11 heteroatoms. The Balaban J connectivity index is 1.59. The van der Waals surface area contributed by atoms with Crippen molar-refractivity contribution < 1.29 is 18.0 Å². The molecule has 0 aromatic carbocycles. The van der Waals surface area contributed by atoms with E-state index in [1.807, 2.05) is 0 Å². The predicted molar refractivity (Wildman–Crippen MR) is 84.2 cm³/mol. The highest BCUT2D eigenvalue weighted by Gasteiger charge is 2.34. The highest BCUT2D eigenvalue weighted by atomic mass is 19.4. The number of rotatable bonds is 5. The van der Waals surface area contributed by atoms with Gasteiger partial charge in [0.05, 0.1) is 0 Å². The fourth-order valence-electron chi connectivity index (χ4n) is 2.37. The molecule has 3 aromatic heterocycles. The molecule has 0 saturated carbocycles. The average Bonchev–Trinajstić information content (AvgIpc) is 3.16. The maximum absolute atomic E-state index is 12.7. The summed E-state index contributed by atoms with van der Waals surface area (Å²) in [4.78, 5) is 20.1.